The number of carbonyl (C=O) groups is 1. The Morgan fingerprint density at radius 3 is 2.89 bits per heavy atom. The van der Waals surface area contributed by atoms with Crippen LogP contribution in [0.15, 0.2) is 30.7 Å². The van der Waals surface area contributed by atoms with E-state index in [1.165, 1.54) is 0 Å². The molecule has 18 heavy (non-hydrogen) atoms. The summed E-state index contributed by atoms with van der Waals surface area (Å²) < 4.78 is 1.73. The Hall–Kier alpha value is -2.37. The van der Waals surface area contributed by atoms with Gasteiger partial charge >= 0.3 is 0 Å². The summed E-state index contributed by atoms with van der Waals surface area (Å²) in [7, 11) is 3.60. The van der Waals surface area contributed by atoms with Gasteiger partial charge in [0.2, 0.25) is 0 Å². The first kappa shape index (κ1) is 12.1. The van der Waals surface area contributed by atoms with Gasteiger partial charge in [-0.2, -0.15) is 5.10 Å². The molecule has 0 fully saturated rings. The summed E-state index contributed by atoms with van der Waals surface area (Å²) >= 11 is 0. The number of carbonyl (C=O) groups excluding carboxylic acids is 1. The summed E-state index contributed by atoms with van der Waals surface area (Å²) in [5, 5.41) is 9.83. The smallest absolute Gasteiger partial charge is 0.253 e. The van der Waals surface area contributed by atoms with E-state index in [1.807, 2.05) is 13.1 Å². The number of hydrogen-bond donors (Lipinski definition) is 2. The zero-order chi connectivity index (χ0) is 13.0. The van der Waals surface area contributed by atoms with Crippen molar-refractivity contribution < 1.29 is 4.79 Å². The molecule has 2 aromatic heterocycles. The molecule has 0 aliphatic rings. The second-order valence-electron chi connectivity index (χ2n) is 3.80. The second kappa shape index (κ2) is 5.31. The number of anilines is 1. The van der Waals surface area contributed by atoms with Gasteiger partial charge in [-0.1, -0.05) is 0 Å². The first-order chi connectivity index (χ1) is 8.72. The Labute approximate surface area is 105 Å². The van der Waals surface area contributed by atoms with E-state index in [2.05, 4.69) is 20.7 Å². The molecule has 0 atom stereocenters. The minimum absolute atomic E-state index is 0.136. The Morgan fingerprint density at radius 2 is 2.22 bits per heavy atom. The maximum absolute atomic E-state index is 12.0. The van der Waals surface area contributed by atoms with Crippen molar-refractivity contribution in [1.82, 2.24) is 20.1 Å². The number of aromatic nitrogens is 3. The molecule has 0 aliphatic carbocycles. The van der Waals surface area contributed by atoms with E-state index in [4.69, 9.17) is 0 Å². The number of nitrogens with zero attached hydrogens (tertiary/aromatic N) is 3. The van der Waals surface area contributed by atoms with Gasteiger partial charge in [-0.3, -0.25) is 14.5 Å². The number of aryl methyl sites for hydroxylation is 1. The normalized spacial score (nSPS) is 10.1. The highest BCUT2D eigenvalue weighted by atomic mass is 16.1. The van der Waals surface area contributed by atoms with Gasteiger partial charge in [0.15, 0.2) is 0 Å². The Kier molecular flexibility index (Phi) is 3.57. The molecule has 94 valence electrons. The molecule has 0 saturated carbocycles. The summed E-state index contributed by atoms with van der Waals surface area (Å²) in [5.74, 6) is -0.136. The molecular formula is C12H15N5O. The molecule has 2 aromatic rings. The van der Waals surface area contributed by atoms with Crippen LogP contribution >= 0.6 is 0 Å². The van der Waals surface area contributed by atoms with Crippen molar-refractivity contribution in [2.45, 2.75) is 6.54 Å². The SMILES string of the molecule is CNc1cnccc1C(=O)NCc1ccnn1C. The zero-order valence-corrected chi connectivity index (χ0v) is 10.3. The fourth-order valence-corrected chi connectivity index (χ4v) is 1.63. The van der Waals surface area contributed by atoms with Crippen molar-refractivity contribution in [3.8, 4) is 0 Å². The number of nitrogens with one attached hydrogen (secondary N) is 2. The molecule has 0 aromatic carbocycles. The predicted octanol–water partition coefficient (Wildman–Crippen LogP) is 0.787. The molecule has 6 nitrogen and oxygen atoms in total. The second-order valence-corrected chi connectivity index (χ2v) is 3.80. The van der Waals surface area contributed by atoms with Crippen molar-refractivity contribution in [2.24, 2.45) is 7.05 Å². The number of hydrogen-bond acceptors (Lipinski definition) is 4. The summed E-state index contributed by atoms with van der Waals surface area (Å²) in [5.41, 5.74) is 2.23. The van der Waals surface area contributed by atoms with E-state index in [0.29, 0.717) is 17.8 Å². The van der Waals surface area contributed by atoms with Gasteiger partial charge in [-0.15, -0.1) is 0 Å². The Balaban J connectivity index is 2.06. The van der Waals surface area contributed by atoms with Crippen LogP contribution in [0.1, 0.15) is 16.1 Å². The highest BCUT2D eigenvalue weighted by molar-refractivity contribution is 5.99. The molecule has 2 heterocycles. The number of rotatable bonds is 4. The van der Waals surface area contributed by atoms with Crippen LogP contribution in [0, 0.1) is 0 Å². The minimum atomic E-state index is -0.136. The lowest BCUT2D eigenvalue weighted by Gasteiger charge is -2.09. The first-order valence-corrected chi connectivity index (χ1v) is 5.59. The lowest BCUT2D eigenvalue weighted by atomic mass is 10.2. The van der Waals surface area contributed by atoms with Gasteiger partial charge in [0, 0.05) is 26.5 Å². The van der Waals surface area contributed by atoms with Crippen molar-refractivity contribution in [2.75, 3.05) is 12.4 Å². The molecule has 6 heteroatoms. The van der Waals surface area contributed by atoms with Gasteiger partial charge in [-0.05, 0) is 12.1 Å². The third-order valence-electron chi connectivity index (χ3n) is 2.69. The largest absolute Gasteiger partial charge is 0.386 e. The minimum Gasteiger partial charge on any atom is -0.386 e. The Morgan fingerprint density at radius 1 is 1.39 bits per heavy atom. The molecule has 0 bridgehead atoms. The first-order valence-electron chi connectivity index (χ1n) is 5.59. The van der Waals surface area contributed by atoms with Crippen LogP contribution in [0.3, 0.4) is 0 Å². The molecule has 1 amide bonds. The number of amides is 1. The monoisotopic (exact) mass is 245 g/mol. The van der Waals surface area contributed by atoms with Gasteiger partial charge < -0.3 is 10.6 Å². The van der Waals surface area contributed by atoms with E-state index >= 15 is 0 Å². The standard InChI is InChI=1S/C12H15N5O/c1-13-11-8-14-5-4-10(11)12(18)15-7-9-3-6-16-17(9)2/h3-6,8,13H,7H2,1-2H3,(H,15,18). The van der Waals surface area contributed by atoms with E-state index in [0.717, 1.165) is 5.69 Å². The molecular weight excluding hydrogens is 230 g/mol. The van der Waals surface area contributed by atoms with Crippen molar-refractivity contribution in [3.05, 3.63) is 42.0 Å². The highest BCUT2D eigenvalue weighted by Crippen LogP contribution is 2.12. The van der Waals surface area contributed by atoms with Crippen molar-refractivity contribution in [1.29, 1.82) is 0 Å². The molecule has 0 radical (unpaired) electrons. The van der Waals surface area contributed by atoms with Crippen LogP contribution in [-0.4, -0.2) is 27.7 Å². The van der Waals surface area contributed by atoms with Gasteiger partial charge in [0.1, 0.15) is 0 Å². The van der Waals surface area contributed by atoms with E-state index in [1.54, 1.807) is 36.4 Å². The third-order valence-corrected chi connectivity index (χ3v) is 2.69. The molecule has 0 spiro atoms. The van der Waals surface area contributed by atoms with E-state index in [9.17, 15) is 4.79 Å². The molecule has 0 saturated heterocycles. The summed E-state index contributed by atoms with van der Waals surface area (Å²) in [4.78, 5) is 16.0. The molecule has 0 unspecified atom stereocenters. The fourth-order valence-electron chi connectivity index (χ4n) is 1.63. The van der Waals surface area contributed by atoms with Crippen LogP contribution in [0.4, 0.5) is 5.69 Å². The molecule has 2 rings (SSSR count). The van der Waals surface area contributed by atoms with Gasteiger partial charge in [0.25, 0.3) is 5.91 Å². The van der Waals surface area contributed by atoms with Crippen molar-refractivity contribution >= 4 is 11.6 Å². The zero-order valence-electron chi connectivity index (χ0n) is 10.3. The van der Waals surface area contributed by atoms with Crippen LogP contribution in [0.5, 0.6) is 0 Å². The molecule has 2 N–H and O–H groups in total. The van der Waals surface area contributed by atoms with E-state index < -0.39 is 0 Å². The topological polar surface area (TPSA) is 71.8 Å². The summed E-state index contributed by atoms with van der Waals surface area (Å²) in [6.07, 6.45) is 4.92. The lowest BCUT2D eigenvalue weighted by Crippen LogP contribution is -2.24. The van der Waals surface area contributed by atoms with Crippen LogP contribution in [-0.2, 0) is 13.6 Å². The maximum Gasteiger partial charge on any atom is 0.253 e. The van der Waals surface area contributed by atoms with Crippen LogP contribution in [0.2, 0.25) is 0 Å². The molecule has 0 aliphatic heterocycles. The van der Waals surface area contributed by atoms with Gasteiger partial charge in [0.05, 0.1) is 29.7 Å². The predicted molar refractivity (Wildman–Crippen MR) is 68.2 cm³/mol. The van der Waals surface area contributed by atoms with Gasteiger partial charge in [-0.25, -0.2) is 0 Å². The average molecular weight is 245 g/mol. The lowest BCUT2D eigenvalue weighted by molar-refractivity contribution is 0.0950. The fraction of sp³-hybridized carbons (Fsp3) is 0.250. The summed E-state index contributed by atoms with van der Waals surface area (Å²) in [6, 6.07) is 3.55. The number of pyridine rings is 1. The quantitative estimate of drug-likeness (QED) is 0.835. The average Bonchev–Trinajstić information content (AvgIpc) is 2.81. The highest BCUT2D eigenvalue weighted by Gasteiger charge is 2.10. The van der Waals surface area contributed by atoms with Crippen LogP contribution < -0.4 is 10.6 Å². The van der Waals surface area contributed by atoms with E-state index in [-0.39, 0.29) is 5.91 Å². The summed E-state index contributed by atoms with van der Waals surface area (Å²) in [6.45, 7) is 0.445. The Bertz CT molecular complexity index is 549. The maximum atomic E-state index is 12.0. The van der Waals surface area contributed by atoms with Crippen LogP contribution in [0.25, 0.3) is 0 Å². The van der Waals surface area contributed by atoms with Crippen molar-refractivity contribution in [3.63, 3.8) is 0 Å². The third kappa shape index (κ3) is 2.48.